The first kappa shape index (κ1) is 19.6. The van der Waals surface area contributed by atoms with Crippen molar-refractivity contribution in [1.29, 1.82) is 0 Å². The minimum absolute atomic E-state index is 0.0297. The number of amides is 1. The number of fused-ring (bicyclic) bond motifs is 1. The van der Waals surface area contributed by atoms with E-state index >= 15 is 0 Å². The third-order valence-electron chi connectivity index (χ3n) is 5.14. The smallest absolute Gasteiger partial charge is 0.234 e. The lowest BCUT2D eigenvalue weighted by atomic mass is 10.1. The number of thioether (sulfide) groups is 1. The Kier molecular flexibility index (Phi) is 6.20. The number of imidazole rings is 1. The lowest BCUT2D eigenvalue weighted by Crippen LogP contribution is -2.29. The van der Waals surface area contributed by atoms with Crippen LogP contribution in [0.1, 0.15) is 19.3 Å². The summed E-state index contributed by atoms with van der Waals surface area (Å²) < 4.78 is 2.09. The van der Waals surface area contributed by atoms with Gasteiger partial charge in [0.2, 0.25) is 5.91 Å². The molecule has 1 aliphatic rings. The van der Waals surface area contributed by atoms with Crippen molar-refractivity contribution < 1.29 is 4.79 Å². The van der Waals surface area contributed by atoms with Crippen molar-refractivity contribution in [3.63, 3.8) is 0 Å². The molecule has 0 atom stereocenters. The molecule has 6 heteroatoms. The average molecular weight is 407 g/mol. The van der Waals surface area contributed by atoms with Gasteiger partial charge in [0.25, 0.3) is 0 Å². The second-order valence-corrected chi connectivity index (χ2v) is 8.16. The number of hydrogen-bond acceptors (Lipinski definition) is 4. The number of benzene rings is 2. The number of aromatic nitrogens is 2. The van der Waals surface area contributed by atoms with Gasteiger partial charge < -0.3 is 14.8 Å². The molecule has 0 aliphatic carbocycles. The molecule has 3 aromatic rings. The molecular formula is C23H26N4OS. The molecule has 150 valence electrons. The van der Waals surface area contributed by atoms with Crippen LogP contribution in [0.5, 0.6) is 0 Å². The third-order valence-corrected chi connectivity index (χ3v) is 6.11. The van der Waals surface area contributed by atoms with Gasteiger partial charge in [0.05, 0.1) is 16.8 Å². The molecule has 1 saturated heterocycles. The Morgan fingerprint density at radius 3 is 2.62 bits per heavy atom. The summed E-state index contributed by atoms with van der Waals surface area (Å²) in [5, 5.41) is 3.83. The number of allylic oxidation sites excluding steroid dienone is 1. The second kappa shape index (κ2) is 9.18. The van der Waals surface area contributed by atoms with Crippen LogP contribution in [0, 0.1) is 0 Å². The van der Waals surface area contributed by atoms with Crippen LogP contribution in [0.4, 0.5) is 11.4 Å². The molecule has 0 bridgehead atoms. The Morgan fingerprint density at radius 1 is 1.10 bits per heavy atom. The van der Waals surface area contributed by atoms with Crippen LogP contribution in [0.2, 0.25) is 0 Å². The topological polar surface area (TPSA) is 50.2 Å². The lowest BCUT2D eigenvalue weighted by Gasteiger charge is -2.28. The summed E-state index contributed by atoms with van der Waals surface area (Å²) in [5.74, 6) is 0.284. The molecule has 29 heavy (non-hydrogen) atoms. The highest BCUT2D eigenvalue weighted by molar-refractivity contribution is 7.99. The maximum atomic E-state index is 12.5. The van der Waals surface area contributed by atoms with Gasteiger partial charge >= 0.3 is 0 Å². The SMILES string of the molecule is C=CCn1c(SCC(=O)Nc2ccc(N3CCCCC3)cc2)nc2ccccc21. The number of carbonyl (C=O) groups excluding carboxylic acids is 1. The summed E-state index contributed by atoms with van der Waals surface area (Å²) in [7, 11) is 0. The molecule has 2 aromatic carbocycles. The standard InChI is InChI=1S/C23H26N4OS/c1-2-14-27-21-9-5-4-8-20(21)25-23(27)29-17-22(28)24-18-10-12-19(13-11-18)26-15-6-3-7-16-26/h2,4-5,8-13H,1,3,6-7,14-17H2,(H,24,28). The average Bonchev–Trinajstić information content (AvgIpc) is 3.11. The van der Waals surface area contributed by atoms with Crippen LogP contribution in [-0.2, 0) is 11.3 Å². The highest BCUT2D eigenvalue weighted by Crippen LogP contribution is 2.25. The zero-order valence-corrected chi connectivity index (χ0v) is 17.3. The molecule has 1 N–H and O–H groups in total. The fourth-order valence-electron chi connectivity index (χ4n) is 3.70. The third kappa shape index (κ3) is 4.65. The summed E-state index contributed by atoms with van der Waals surface area (Å²) in [6.07, 6.45) is 5.68. The molecule has 0 spiro atoms. The predicted octanol–water partition coefficient (Wildman–Crippen LogP) is 4.94. The molecule has 1 amide bonds. The first-order valence-corrected chi connectivity index (χ1v) is 11.1. The number of nitrogens with one attached hydrogen (secondary N) is 1. The van der Waals surface area contributed by atoms with Crippen LogP contribution in [0.25, 0.3) is 11.0 Å². The predicted molar refractivity (Wildman–Crippen MR) is 122 cm³/mol. The molecular weight excluding hydrogens is 380 g/mol. The van der Waals surface area contributed by atoms with Gasteiger partial charge in [-0.3, -0.25) is 4.79 Å². The van der Waals surface area contributed by atoms with E-state index in [1.165, 1.54) is 36.7 Å². The zero-order chi connectivity index (χ0) is 20.1. The monoisotopic (exact) mass is 406 g/mol. The van der Waals surface area contributed by atoms with E-state index in [0.29, 0.717) is 12.3 Å². The van der Waals surface area contributed by atoms with Crippen molar-refractivity contribution in [2.24, 2.45) is 0 Å². The highest BCUT2D eigenvalue weighted by Gasteiger charge is 2.13. The molecule has 0 radical (unpaired) electrons. The summed E-state index contributed by atoms with van der Waals surface area (Å²) in [4.78, 5) is 19.5. The van der Waals surface area contributed by atoms with Crippen LogP contribution in [0.3, 0.4) is 0 Å². The van der Waals surface area contributed by atoms with Crippen molar-refractivity contribution in [1.82, 2.24) is 9.55 Å². The lowest BCUT2D eigenvalue weighted by molar-refractivity contribution is -0.113. The maximum Gasteiger partial charge on any atom is 0.234 e. The first-order chi connectivity index (χ1) is 14.2. The number of anilines is 2. The maximum absolute atomic E-state index is 12.5. The number of carbonyl (C=O) groups is 1. The molecule has 0 saturated carbocycles. The Bertz CT molecular complexity index is 990. The molecule has 4 rings (SSSR count). The number of rotatable bonds is 7. The van der Waals surface area contributed by atoms with E-state index in [2.05, 4.69) is 38.5 Å². The van der Waals surface area contributed by atoms with Gasteiger partial charge in [-0.1, -0.05) is 30.0 Å². The summed E-state index contributed by atoms with van der Waals surface area (Å²) in [6.45, 7) is 6.74. The van der Waals surface area contributed by atoms with E-state index in [1.54, 1.807) is 0 Å². The van der Waals surface area contributed by atoms with Crippen molar-refractivity contribution >= 4 is 40.1 Å². The van der Waals surface area contributed by atoms with Crippen molar-refractivity contribution in [3.05, 3.63) is 61.2 Å². The molecule has 1 fully saturated rings. The van der Waals surface area contributed by atoms with Gasteiger partial charge in [0.15, 0.2) is 5.16 Å². The first-order valence-electron chi connectivity index (χ1n) is 10.1. The van der Waals surface area contributed by atoms with Gasteiger partial charge in [0, 0.05) is 31.0 Å². The van der Waals surface area contributed by atoms with Crippen molar-refractivity contribution in [3.8, 4) is 0 Å². The minimum Gasteiger partial charge on any atom is -0.372 e. The Balaban J connectivity index is 1.37. The second-order valence-electron chi connectivity index (χ2n) is 7.21. The quantitative estimate of drug-likeness (QED) is 0.446. The molecule has 2 heterocycles. The number of para-hydroxylation sites is 2. The summed E-state index contributed by atoms with van der Waals surface area (Å²) in [5.41, 5.74) is 4.06. The molecule has 5 nitrogen and oxygen atoms in total. The fraction of sp³-hybridized carbons (Fsp3) is 0.304. The van der Waals surface area contributed by atoms with Crippen molar-refractivity contribution in [2.75, 3.05) is 29.1 Å². The van der Waals surface area contributed by atoms with Crippen molar-refractivity contribution in [2.45, 2.75) is 31.0 Å². The van der Waals surface area contributed by atoms with Crippen LogP contribution in [0.15, 0.2) is 66.3 Å². The van der Waals surface area contributed by atoms with Gasteiger partial charge in [0.1, 0.15) is 0 Å². The van der Waals surface area contributed by atoms with Gasteiger partial charge in [-0.15, -0.1) is 6.58 Å². The summed E-state index contributed by atoms with van der Waals surface area (Å²) in [6, 6.07) is 16.2. The van der Waals surface area contributed by atoms with E-state index in [1.807, 2.05) is 42.5 Å². The van der Waals surface area contributed by atoms with Crippen LogP contribution in [-0.4, -0.2) is 34.3 Å². The zero-order valence-electron chi connectivity index (χ0n) is 16.5. The summed E-state index contributed by atoms with van der Waals surface area (Å²) >= 11 is 1.45. The van der Waals surface area contributed by atoms with Gasteiger partial charge in [-0.05, 0) is 55.7 Å². The largest absolute Gasteiger partial charge is 0.372 e. The highest BCUT2D eigenvalue weighted by atomic mass is 32.2. The Hall–Kier alpha value is -2.73. The minimum atomic E-state index is -0.0297. The Labute approximate surface area is 175 Å². The van der Waals surface area contributed by atoms with E-state index in [9.17, 15) is 4.79 Å². The van der Waals surface area contributed by atoms with E-state index in [0.717, 1.165) is 35.0 Å². The van der Waals surface area contributed by atoms with Gasteiger partial charge in [-0.25, -0.2) is 4.98 Å². The van der Waals surface area contributed by atoms with Gasteiger partial charge in [-0.2, -0.15) is 0 Å². The van der Waals surface area contributed by atoms with E-state index < -0.39 is 0 Å². The molecule has 1 aromatic heterocycles. The molecule has 0 unspecified atom stereocenters. The molecule has 1 aliphatic heterocycles. The normalized spacial score (nSPS) is 14.1. The van der Waals surface area contributed by atoms with E-state index in [4.69, 9.17) is 0 Å². The van der Waals surface area contributed by atoms with Crippen LogP contribution >= 0.6 is 11.8 Å². The Morgan fingerprint density at radius 2 is 1.86 bits per heavy atom. The number of nitrogens with zero attached hydrogens (tertiary/aromatic N) is 3. The van der Waals surface area contributed by atoms with E-state index in [-0.39, 0.29) is 5.91 Å². The fourth-order valence-corrected chi connectivity index (χ4v) is 4.53. The number of piperidine rings is 1. The van der Waals surface area contributed by atoms with Crippen LogP contribution < -0.4 is 10.2 Å². The number of hydrogen-bond donors (Lipinski definition) is 1.